The Bertz CT molecular complexity index is 330. The van der Waals surface area contributed by atoms with Crippen molar-refractivity contribution in [1.82, 2.24) is 0 Å². The first kappa shape index (κ1) is 8.12. The topological polar surface area (TPSA) is 13.1 Å². The van der Waals surface area contributed by atoms with Gasteiger partial charge in [0.1, 0.15) is 11.2 Å². The molecule has 11 heavy (non-hydrogen) atoms. The molecule has 1 aromatic rings. The second-order valence-corrected chi connectivity index (χ2v) is 2.58. The minimum absolute atomic E-state index is 0.984. The SMILES string of the molecule is C/C=c1/cc(C)o/c1=C/CC. The normalized spacial score (nSPS) is 14.5. The number of hydrogen-bond donors (Lipinski definition) is 0. The van der Waals surface area contributed by atoms with Crippen LogP contribution in [0.1, 0.15) is 26.0 Å². The molecule has 0 aliphatic rings. The number of hydrogen-bond acceptors (Lipinski definition) is 1. The molecule has 1 heteroatoms. The van der Waals surface area contributed by atoms with Gasteiger partial charge >= 0.3 is 0 Å². The number of aryl methyl sites for hydroxylation is 1. The van der Waals surface area contributed by atoms with Gasteiger partial charge in [-0.1, -0.05) is 13.0 Å². The van der Waals surface area contributed by atoms with Crippen LogP contribution in [0.15, 0.2) is 10.5 Å². The lowest BCUT2D eigenvalue weighted by Gasteiger charge is -1.77. The fourth-order valence-corrected chi connectivity index (χ4v) is 1.12. The summed E-state index contributed by atoms with van der Waals surface area (Å²) in [6.07, 6.45) is 5.19. The van der Waals surface area contributed by atoms with E-state index in [1.54, 1.807) is 0 Å². The summed E-state index contributed by atoms with van der Waals surface area (Å²) in [6, 6.07) is 2.06. The molecule has 1 heterocycles. The summed E-state index contributed by atoms with van der Waals surface area (Å²) in [4.78, 5) is 0. The van der Waals surface area contributed by atoms with Crippen LogP contribution >= 0.6 is 0 Å². The maximum Gasteiger partial charge on any atom is 0.129 e. The van der Waals surface area contributed by atoms with Crippen LogP contribution in [0.2, 0.25) is 0 Å². The molecule has 0 N–H and O–H groups in total. The Labute approximate surface area is 67.0 Å². The minimum atomic E-state index is 0.984. The Balaban J connectivity index is 3.36. The highest BCUT2D eigenvalue weighted by atomic mass is 16.3. The summed E-state index contributed by atoms with van der Waals surface area (Å²) in [7, 11) is 0. The molecule has 0 aromatic carbocycles. The van der Waals surface area contributed by atoms with E-state index in [1.807, 2.05) is 13.8 Å². The van der Waals surface area contributed by atoms with E-state index in [2.05, 4.69) is 25.1 Å². The molecule has 0 aliphatic carbocycles. The second-order valence-electron chi connectivity index (χ2n) is 2.58. The Morgan fingerprint density at radius 1 is 1.55 bits per heavy atom. The van der Waals surface area contributed by atoms with Crippen molar-refractivity contribution in [2.45, 2.75) is 27.2 Å². The smallest absolute Gasteiger partial charge is 0.129 e. The van der Waals surface area contributed by atoms with Gasteiger partial charge in [-0.3, -0.25) is 0 Å². The lowest BCUT2D eigenvalue weighted by molar-refractivity contribution is 0.500. The molecule has 1 aromatic heterocycles. The van der Waals surface area contributed by atoms with E-state index in [4.69, 9.17) is 4.42 Å². The molecule has 0 fully saturated rings. The van der Waals surface area contributed by atoms with Crippen LogP contribution in [-0.4, -0.2) is 0 Å². The Morgan fingerprint density at radius 3 is 2.82 bits per heavy atom. The van der Waals surface area contributed by atoms with Crippen LogP contribution in [0.3, 0.4) is 0 Å². The zero-order valence-corrected chi connectivity index (χ0v) is 7.35. The van der Waals surface area contributed by atoms with Crippen molar-refractivity contribution in [2.24, 2.45) is 0 Å². The maximum atomic E-state index is 5.46. The summed E-state index contributed by atoms with van der Waals surface area (Å²) in [6.45, 7) is 6.11. The minimum Gasteiger partial charge on any atom is -0.462 e. The van der Waals surface area contributed by atoms with Crippen molar-refractivity contribution in [2.75, 3.05) is 0 Å². The van der Waals surface area contributed by atoms with Crippen molar-refractivity contribution in [1.29, 1.82) is 0 Å². The molecule has 0 radical (unpaired) electrons. The van der Waals surface area contributed by atoms with Gasteiger partial charge < -0.3 is 4.42 Å². The van der Waals surface area contributed by atoms with E-state index in [1.165, 1.54) is 5.22 Å². The third kappa shape index (κ3) is 1.73. The third-order valence-corrected chi connectivity index (χ3v) is 1.61. The van der Waals surface area contributed by atoms with E-state index in [-0.39, 0.29) is 0 Å². The van der Waals surface area contributed by atoms with E-state index >= 15 is 0 Å². The van der Waals surface area contributed by atoms with E-state index < -0.39 is 0 Å². The highest BCUT2D eigenvalue weighted by Gasteiger charge is 1.90. The van der Waals surface area contributed by atoms with Crippen molar-refractivity contribution in [3.05, 3.63) is 22.5 Å². The molecule has 0 saturated heterocycles. The largest absolute Gasteiger partial charge is 0.462 e. The Morgan fingerprint density at radius 2 is 2.27 bits per heavy atom. The van der Waals surface area contributed by atoms with Gasteiger partial charge in [0.2, 0.25) is 0 Å². The summed E-state index contributed by atoms with van der Waals surface area (Å²) in [5, 5.41) is 1.20. The van der Waals surface area contributed by atoms with Gasteiger partial charge in [0, 0.05) is 5.22 Å². The van der Waals surface area contributed by atoms with Crippen molar-refractivity contribution in [3.8, 4) is 0 Å². The fourth-order valence-electron chi connectivity index (χ4n) is 1.12. The molecule has 60 valence electrons. The van der Waals surface area contributed by atoms with Crippen molar-refractivity contribution >= 4 is 12.2 Å². The average molecular weight is 150 g/mol. The van der Waals surface area contributed by atoms with Gasteiger partial charge in [0.25, 0.3) is 0 Å². The van der Waals surface area contributed by atoms with Crippen LogP contribution in [0.25, 0.3) is 12.2 Å². The molecule has 1 rings (SSSR count). The van der Waals surface area contributed by atoms with Gasteiger partial charge in [-0.25, -0.2) is 0 Å². The van der Waals surface area contributed by atoms with Crippen molar-refractivity contribution < 1.29 is 4.42 Å². The molecule has 0 atom stereocenters. The van der Waals surface area contributed by atoms with Crippen molar-refractivity contribution in [3.63, 3.8) is 0 Å². The average Bonchev–Trinajstić information content (AvgIpc) is 2.32. The predicted octanol–water partition coefficient (Wildman–Crippen LogP) is 1.58. The highest BCUT2D eigenvalue weighted by molar-refractivity contribution is 5.26. The predicted molar refractivity (Wildman–Crippen MR) is 47.6 cm³/mol. The zero-order chi connectivity index (χ0) is 8.27. The van der Waals surface area contributed by atoms with Gasteiger partial charge in [-0.15, -0.1) is 0 Å². The van der Waals surface area contributed by atoms with Gasteiger partial charge in [-0.05, 0) is 32.4 Å². The summed E-state index contributed by atoms with van der Waals surface area (Å²) >= 11 is 0. The molecule has 0 aliphatic heterocycles. The molecule has 1 nitrogen and oxygen atoms in total. The summed E-state index contributed by atoms with van der Waals surface area (Å²) in [5.74, 6) is 0.984. The molecule has 0 bridgehead atoms. The summed E-state index contributed by atoms with van der Waals surface area (Å²) < 4.78 is 5.46. The van der Waals surface area contributed by atoms with Gasteiger partial charge in [0.05, 0.1) is 0 Å². The standard InChI is InChI=1S/C10H14O/c1-4-6-10-9(5-2)7-8(3)11-10/h5-7H,4H2,1-3H3/b9-5-,10-6+. The van der Waals surface area contributed by atoms with Crippen LogP contribution in [0, 0.1) is 6.92 Å². The van der Waals surface area contributed by atoms with Crippen LogP contribution in [0.5, 0.6) is 0 Å². The molecule has 0 spiro atoms. The molecule has 0 amide bonds. The Hall–Kier alpha value is -0.980. The summed E-state index contributed by atoms with van der Waals surface area (Å²) in [5.41, 5.74) is 1.01. The van der Waals surface area contributed by atoms with Gasteiger partial charge in [0.15, 0.2) is 0 Å². The third-order valence-electron chi connectivity index (χ3n) is 1.61. The molecular formula is C10H14O. The van der Waals surface area contributed by atoms with Gasteiger partial charge in [-0.2, -0.15) is 0 Å². The lowest BCUT2D eigenvalue weighted by Crippen LogP contribution is -2.18. The second kappa shape index (κ2) is 3.42. The first-order valence-corrected chi connectivity index (χ1v) is 4.01. The van der Waals surface area contributed by atoms with Crippen LogP contribution < -0.4 is 10.6 Å². The molecule has 0 unspecified atom stereocenters. The number of rotatable bonds is 1. The molecule has 0 saturated carbocycles. The van der Waals surface area contributed by atoms with Crippen LogP contribution in [0.4, 0.5) is 0 Å². The van der Waals surface area contributed by atoms with E-state index in [0.29, 0.717) is 0 Å². The fraction of sp³-hybridized carbons (Fsp3) is 0.400. The lowest BCUT2D eigenvalue weighted by atomic mass is 10.3. The first-order chi connectivity index (χ1) is 5.27. The van der Waals surface area contributed by atoms with E-state index in [9.17, 15) is 0 Å². The Kier molecular flexibility index (Phi) is 2.53. The first-order valence-electron chi connectivity index (χ1n) is 4.01. The highest BCUT2D eigenvalue weighted by Crippen LogP contribution is 1.86. The molecular weight excluding hydrogens is 136 g/mol. The monoisotopic (exact) mass is 150 g/mol. The number of furan rings is 1. The quantitative estimate of drug-likeness (QED) is 0.592. The maximum absolute atomic E-state index is 5.46. The zero-order valence-electron chi connectivity index (χ0n) is 7.35. The van der Waals surface area contributed by atoms with E-state index in [0.717, 1.165) is 17.6 Å². The van der Waals surface area contributed by atoms with Crippen LogP contribution in [-0.2, 0) is 0 Å².